The SMILES string of the molecule is C=CCO[C@@]12Oc3ccc(OCc4ccccc4F)cc3[C@H]3[C@H](CCCCO)[C@@H](CCCCO)C=C(C(=NOCc4ccc([N+](=O)[O-])cc4)C[C@@H]1N(CCC)C(=O)C=Cc1ccc([N+](=O)[O-])cc1)[C@H]32. The lowest BCUT2D eigenvalue weighted by Crippen LogP contribution is -2.70. The number of unbranched alkanes of at least 4 members (excludes halogenated alkanes) is 2. The molecule has 1 aliphatic heterocycles. The van der Waals surface area contributed by atoms with Gasteiger partial charge in [0.15, 0.2) is 0 Å². The fourth-order valence-electron chi connectivity index (χ4n) is 10.0. The number of allylic oxidation sites excluding steroid dienone is 1. The van der Waals surface area contributed by atoms with Crippen LogP contribution in [-0.2, 0) is 27.6 Å². The molecule has 0 aromatic heterocycles. The molecule has 3 aliphatic rings. The second-order valence-corrected chi connectivity index (χ2v) is 17.6. The third-order valence-corrected chi connectivity index (χ3v) is 13.2. The van der Waals surface area contributed by atoms with Crippen LogP contribution in [0.1, 0.15) is 86.5 Å². The van der Waals surface area contributed by atoms with E-state index < -0.39 is 27.6 Å². The molecule has 4 aromatic rings. The number of aliphatic hydroxyl groups is 2. The molecule has 16 heteroatoms. The first-order valence-corrected chi connectivity index (χ1v) is 23.5. The Morgan fingerprint density at radius 2 is 1.64 bits per heavy atom. The number of non-ortho nitro benzene ring substituents is 2. The zero-order chi connectivity index (χ0) is 48.9. The number of hydrogen-bond donors (Lipinski definition) is 2. The highest BCUT2D eigenvalue weighted by Gasteiger charge is 2.65. The Balaban J connectivity index is 1.40. The second-order valence-electron chi connectivity index (χ2n) is 17.6. The van der Waals surface area contributed by atoms with Crippen molar-refractivity contribution in [2.75, 3.05) is 26.4 Å². The Kier molecular flexibility index (Phi) is 17.1. The maximum absolute atomic E-state index is 14.8. The number of benzene rings is 4. The van der Waals surface area contributed by atoms with E-state index in [4.69, 9.17) is 24.2 Å². The first kappa shape index (κ1) is 50.1. The molecule has 2 aliphatic carbocycles. The monoisotopic (exact) mass is 946 g/mol. The highest BCUT2D eigenvalue weighted by atomic mass is 19.1. The number of nitro groups is 2. The number of aliphatic hydroxyl groups excluding tert-OH is 2. The minimum Gasteiger partial charge on any atom is -0.489 e. The number of carbonyl (C=O) groups is 1. The molecule has 69 heavy (non-hydrogen) atoms. The van der Waals surface area contributed by atoms with Crippen molar-refractivity contribution in [3.63, 3.8) is 0 Å². The van der Waals surface area contributed by atoms with Crippen molar-refractivity contribution in [3.8, 4) is 11.5 Å². The number of amides is 1. The van der Waals surface area contributed by atoms with Gasteiger partial charge < -0.3 is 34.2 Å². The van der Waals surface area contributed by atoms with E-state index in [2.05, 4.69) is 12.7 Å². The number of fused-ring (bicyclic) bond motifs is 2. The molecule has 1 heterocycles. The summed E-state index contributed by atoms with van der Waals surface area (Å²) in [5, 5.41) is 47.6. The van der Waals surface area contributed by atoms with Crippen molar-refractivity contribution in [2.45, 2.75) is 89.3 Å². The largest absolute Gasteiger partial charge is 0.489 e. The van der Waals surface area contributed by atoms with Crippen molar-refractivity contribution in [2.24, 2.45) is 22.9 Å². The number of oxime groups is 1. The predicted octanol–water partition coefficient (Wildman–Crippen LogP) is 10.0. The van der Waals surface area contributed by atoms with Crippen molar-refractivity contribution in [1.82, 2.24) is 4.90 Å². The molecule has 364 valence electrons. The molecule has 0 radical (unpaired) electrons. The molecule has 6 atom stereocenters. The molecule has 4 aromatic carbocycles. The van der Waals surface area contributed by atoms with Gasteiger partial charge >= 0.3 is 0 Å². The third kappa shape index (κ3) is 11.6. The van der Waals surface area contributed by atoms with Gasteiger partial charge in [-0.2, -0.15) is 0 Å². The van der Waals surface area contributed by atoms with Gasteiger partial charge in [0, 0.05) is 73.6 Å². The number of rotatable bonds is 24. The fourth-order valence-corrected chi connectivity index (χ4v) is 10.0. The van der Waals surface area contributed by atoms with Crippen LogP contribution in [0.25, 0.3) is 6.08 Å². The molecule has 0 saturated heterocycles. The lowest BCUT2D eigenvalue weighted by atomic mass is 9.55. The van der Waals surface area contributed by atoms with Crippen LogP contribution in [0.3, 0.4) is 0 Å². The molecule has 15 nitrogen and oxygen atoms in total. The Labute approximate surface area is 400 Å². The van der Waals surface area contributed by atoms with Crippen molar-refractivity contribution in [3.05, 3.63) is 170 Å². The van der Waals surface area contributed by atoms with Gasteiger partial charge in [-0.05, 0) is 115 Å². The highest BCUT2D eigenvalue weighted by molar-refractivity contribution is 6.03. The van der Waals surface area contributed by atoms with Gasteiger partial charge in [0.2, 0.25) is 11.7 Å². The molecular weight excluding hydrogens is 888 g/mol. The van der Waals surface area contributed by atoms with Gasteiger partial charge in [-0.25, -0.2) is 4.39 Å². The molecule has 1 fully saturated rings. The van der Waals surface area contributed by atoms with Crippen LogP contribution < -0.4 is 9.47 Å². The number of nitrogens with zero attached hydrogens (tertiary/aromatic N) is 4. The number of nitro benzene ring substituents is 2. The van der Waals surface area contributed by atoms with Gasteiger partial charge in [0.1, 0.15) is 36.6 Å². The zero-order valence-electron chi connectivity index (χ0n) is 38.7. The lowest BCUT2D eigenvalue weighted by molar-refractivity contribution is -0.385. The maximum atomic E-state index is 14.8. The number of hydrogen-bond acceptors (Lipinski definition) is 12. The van der Waals surface area contributed by atoms with E-state index in [1.54, 1.807) is 65.6 Å². The Bertz CT molecular complexity index is 2530. The minimum atomic E-state index is -1.54. The number of halogens is 1. The maximum Gasteiger partial charge on any atom is 0.269 e. The average Bonchev–Trinajstić information content (AvgIpc) is 3.35. The van der Waals surface area contributed by atoms with E-state index in [9.17, 15) is 39.6 Å². The van der Waals surface area contributed by atoms with E-state index in [-0.39, 0.29) is 86.9 Å². The summed E-state index contributed by atoms with van der Waals surface area (Å²) in [4.78, 5) is 44.5. The van der Waals surface area contributed by atoms with Gasteiger partial charge in [0.05, 0.1) is 28.1 Å². The van der Waals surface area contributed by atoms with Crippen LogP contribution in [0.15, 0.2) is 127 Å². The summed E-state index contributed by atoms with van der Waals surface area (Å²) in [5.74, 6) is -2.37. The Hall–Kier alpha value is -6.75. The fraction of sp³-hybridized carbons (Fsp3) is 0.396. The quantitative estimate of drug-likeness (QED) is 0.0223. The summed E-state index contributed by atoms with van der Waals surface area (Å²) in [5.41, 5.74) is 3.69. The predicted molar refractivity (Wildman–Crippen MR) is 258 cm³/mol. The Morgan fingerprint density at radius 3 is 2.30 bits per heavy atom. The number of ether oxygens (including phenoxy) is 3. The number of carbonyl (C=O) groups excluding carboxylic acids is 1. The van der Waals surface area contributed by atoms with E-state index in [0.29, 0.717) is 66.0 Å². The van der Waals surface area contributed by atoms with Crippen LogP contribution in [0.5, 0.6) is 11.5 Å². The smallest absolute Gasteiger partial charge is 0.269 e. The summed E-state index contributed by atoms with van der Waals surface area (Å²) < 4.78 is 35.5. The van der Waals surface area contributed by atoms with Crippen LogP contribution in [0.4, 0.5) is 15.8 Å². The molecule has 0 spiro atoms. The Morgan fingerprint density at radius 1 is 0.942 bits per heavy atom. The summed E-state index contributed by atoms with van der Waals surface area (Å²) in [6.45, 7) is 6.32. The van der Waals surface area contributed by atoms with E-state index in [1.165, 1.54) is 36.4 Å². The summed E-state index contributed by atoms with van der Waals surface area (Å²) in [7, 11) is 0. The van der Waals surface area contributed by atoms with Crippen molar-refractivity contribution < 1.29 is 48.3 Å². The molecular formula is C53H59FN4O11. The zero-order valence-corrected chi connectivity index (χ0v) is 38.7. The van der Waals surface area contributed by atoms with E-state index in [0.717, 1.165) is 24.0 Å². The minimum absolute atomic E-state index is 0.00697. The average molecular weight is 947 g/mol. The normalized spacial score (nSPS) is 21.9. The highest BCUT2D eigenvalue weighted by Crippen LogP contribution is 2.62. The molecule has 0 bridgehead atoms. The summed E-state index contributed by atoms with van der Waals surface area (Å²) in [6.07, 6.45) is 11.6. The van der Waals surface area contributed by atoms with Crippen LogP contribution in [-0.4, -0.2) is 74.8 Å². The van der Waals surface area contributed by atoms with E-state index >= 15 is 0 Å². The van der Waals surface area contributed by atoms with Gasteiger partial charge in [-0.3, -0.25) is 25.0 Å². The first-order valence-electron chi connectivity index (χ1n) is 23.5. The third-order valence-electron chi connectivity index (χ3n) is 13.2. The van der Waals surface area contributed by atoms with Gasteiger partial charge in [-0.1, -0.05) is 55.3 Å². The van der Waals surface area contributed by atoms with Gasteiger partial charge in [0.25, 0.3) is 11.4 Å². The van der Waals surface area contributed by atoms with Gasteiger partial charge in [-0.15, -0.1) is 6.58 Å². The second kappa shape index (κ2) is 23.5. The van der Waals surface area contributed by atoms with Crippen molar-refractivity contribution in [1.29, 1.82) is 0 Å². The van der Waals surface area contributed by atoms with E-state index in [1.807, 2.05) is 19.1 Å². The first-order chi connectivity index (χ1) is 33.5. The molecule has 7 rings (SSSR count). The summed E-state index contributed by atoms with van der Waals surface area (Å²) >= 11 is 0. The summed E-state index contributed by atoms with van der Waals surface area (Å²) in [6, 6.07) is 23.1. The van der Waals surface area contributed by atoms with Crippen LogP contribution in [0.2, 0.25) is 0 Å². The molecule has 0 unspecified atom stereocenters. The molecule has 1 saturated carbocycles. The lowest BCUT2D eigenvalue weighted by Gasteiger charge is -2.60. The standard InChI is InChI=1S/C53H59FN4O11/c1-3-27-56(50(61)26-19-36-15-20-40(21-16-36)57(62)63)49-33-47(55-68-34-37-17-22-41(23-18-37)58(64)65)44-31-38(11-7-9-28-59)43(13-8-10-29-60)51-45-32-42(66-35-39-12-5-6-14-46(39)54)24-25-48(45)69-53(49,52(44)51)67-30-4-2/h4-6,12,14-26,31-32,38,43,49,51-52,59-60H,2-3,7-11,13,27-30,33-35H2,1H3/t38-,43+,49-,51+,52+,53+/m0/s1. The van der Waals surface area contributed by atoms with Crippen molar-refractivity contribution >= 4 is 29.1 Å². The molecule has 1 amide bonds. The topological polar surface area (TPSA) is 196 Å². The van der Waals surface area contributed by atoms with Crippen LogP contribution >= 0.6 is 0 Å². The van der Waals surface area contributed by atoms with Crippen LogP contribution in [0, 0.1) is 43.8 Å². The molecule has 2 N–H and O–H groups in total.